The molecule has 1 heterocycles. The second kappa shape index (κ2) is 6.64. The third-order valence-electron chi connectivity index (χ3n) is 5.63. The van der Waals surface area contributed by atoms with Crippen molar-refractivity contribution >= 4 is 17.6 Å². The van der Waals surface area contributed by atoms with Gasteiger partial charge in [-0.2, -0.15) is 5.26 Å². The molecule has 0 saturated heterocycles. The van der Waals surface area contributed by atoms with E-state index in [4.69, 9.17) is 10.00 Å². The fourth-order valence-electron chi connectivity index (χ4n) is 4.14. The van der Waals surface area contributed by atoms with Crippen molar-refractivity contribution in [1.82, 2.24) is 0 Å². The summed E-state index contributed by atoms with van der Waals surface area (Å²) in [5.74, 6) is -1.60. The Labute approximate surface area is 160 Å². The highest BCUT2D eigenvalue weighted by Gasteiger charge is 2.49. The monoisotopic (exact) mass is 380 g/mol. The first-order chi connectivity index (χ1) is 13.4. The van der Waals surface area contributed by atoms with Crippen LogP contribution in [0.15, 0.2) is 36.4 Å². The van der Waals surface area contributed by atoms with Crippen LogP contribution < -0.4 is 10.1 Å². The molecule has 6 nitrogen and oxygen atoms in total. The van der Waals surface area contributed by atoms with Crippen molar-refractivity contribution in [1.29, 1.82) is 5.26 Å². The van der Waals surface area contributed by atoms with E-state index in [1.165, 1.54) is 18.2 Å². The molecule has 0 unspecified atom stereocenters. The summed E-state index contributed by atoms with van der Waals surface area (Å²) in [7, 11) is 0. The SMILES string of the molecule is N#Cc1c(F)cccc1O[C@H]1CC[C@@]2(CC1)C(=O)Nc1ccc(C(=O)O)cc12. The number of carboxylic acids is 1. The standard InChI is InChI=1S/C21H17FN2O4/c22-16-2-1-3-18(14(16)11-23)28-13-6-8-21(9-7-13)15-10-12(19(25)26)4-5-17(15)24-20(21)27/h1-5,10,13H,6-9H2,(H,24,27)(H,25,26)/t13-,21-. The number of hydrogen-bond acceptors (Lipinski definition) is 4. The minimum atomic E-state index is -1.04. The van der Waals surface area contributed by atoms with Gasteiger partial charge in [0.1, 0.15) is 23.2 Å². The lowest BCUT2D eigenvalue weighted by Gasteiger charge is -2.36. The predicted octanol–water partition coefficient (Wildman–Crippen LogP) is 3.61. The number of carbonyl (C=O) groups excluding carboxylic acids is 1. The Balaban J connectivity index is 1.56. The summed E-state index contributed by atoms with van der Waals surface area (Å²) < 4.78 is 19.6. The molecule has 2 aliphatic rings. The normalized spacial score (nSPS) is 23.0. The molecule has 1 saturated carbocycles. The van der Waals surface area contributed by atoms with Gasteiger partial charge in [-0.25, -0.2) is 9.18 Å². The molecule has 1 amide bonds. The van der Waals surface area contributed by atoms with Gasteiger partial charge in [-0.15, -0.1) is 0 Å². The lowest BCUT2D eigenvalue weighted by Crippen LogP contribution is -2.41. The number of rotatable bonds is 3. The summed E-state index contributed by atoms with van der Waals surface area (Å²) in [6, 6.07) is 10.7. The molecule has 2 aromatic carbocycles. The fraction of sp³-hybridized carbons (Fsp3) is 0.286. The summed E-state index contributed by atoms with van der Waals surface area (Å²) in [5.41, 5.74) is 0.593. The zero-order chi connectivity index (χ0) is 19.9. The van der Waals surface area contributed by atoms with Crippen molar-refractivity contribution in [3.05, 3.63) is 58.9 Å². The van der Waals surface area contributed by atoms with E-state index in [1.807, 2.05) is 6.07 Å². The average Bonchev–Trinajstić information content (AvgIpc) is 2.95. The number of ether oxygens (including phenoxy) is 1. The van der Waals surface area contributed by atoms with Crippen LogP contribution in [0.4, 0.5) is 10.1 Å². The van der Waals surface area contributed by atoms with Gasteiger partial charge in [-0.05, 0) is 61.6 Å². The van der Waals surface area contributed by atoms with E-state index in [-0.39, 0.29) is 28.9 Å². The van der Waals surface area contributed by atoms with Crippen LogP contribution in [-0.2, 0) is 10.2 Å². The van der Waals surface area contributed by atoms with Crippen molar-refractivity contribution in [2.45, 2.75) is 37.2 Å². The van der Waals surface area contributed by atoms with E-state index in [9.17, 15) is 19.1 Å². The number of nitrogens with one attached hydrogen (secondary N) is 1. The molecule has 1 aliphatic carbocycles. The van der Waals surface area contributed by atoms with E-state index in [0.29, 0.717) is 36.9 Å². The first-order valence-corrected chi connectivity index (χ1v) is 8.99. The van der Waals surface area contributed by atoms with Crippen molar-refractivity contribution < 1.29 is 23.8 Å². The number of halogens is 1. The second-order valence-corrected chi connectivity index (χ2v) is 7.14. The smallest absolute Gasteiger partial charge is 0.335 e. The Kier molecular flexibility index (Phi) is 4.27. The van der Waals surface area contributed by atoms with Crippen LogP contribution in [0.5, 0.6) is 5.75 Å². The highest BCUT2D eigenvalue weighted by molar-refractivity contribution is 6.07. The molecule has 4 rings (SSSR count). The Morgan fingerprint density at radius 2 is 2.04 bits per heavy atom. The molecule has 28 heavy (non-hydrogen) atoms. The minimum absolute atomic E-state index is 0.127. The molecular weight excluding hydrogens is 363 g/mol. The third-order valence-corrected chi connectivity index (χ3v) is 5.63. The molecule has 1 fully saturated rings. The average molecular weight is 380 g/mol. The lowest BCUT2D eigenvalue weighted by molar-refractivity contribution is -0.122. The Morgan fingerprint density at radius 3 is 2.71 bits per heavy atom. The molecule has 2 N–H and O–H groups in total. The van der Waals surface area contributed by atoms with Gasteiger partial charge in [0, 0.05) is 5.69 Å². The van der Waals surface area contributed by atoms with Crippen LogP contribution >= 0.6 is 0 Å². The van der Waals surface area contributed by atoms with Gasteiger partial charge in [0.2, 0.25) is 5.91 Å². The minimum Gasteiger partial charge on any atom is -0.489 e. The van der Waals surface area contributed by atoms with Gasteiger partial charge >= 0.3 is 5.97 Å². The van der Waals surface area contributed by atoms with Gasteiger partial charge in [-0.3, -0.25) is 4.79 Å². The summed E-state index contributed by atoms with van der Waals surface area (Å²) in [4.78, 5) is 24.0. The number of carbonyl (C=O) groups is 2. The van der Waals surface area contributed by atoms with Crippen molar-refractivity contribution in [3.63, 3.8) is 0 Å². The maximum absolute atomic E-state index is 13.8. The lowest BCUT2D eigenvalue weighted by atomic mass is 9.69. The van der Waals surface area contributed by atoms with E-state index in [1.54, 1.807) is 18.2 Å². The molecule has 0 atom stereocenters. The summed E-state index contributed by atoms with van der Waals surface area (Å²) in [6.45, 7) is 0. The Bertz CT molecular complexity index is 1020. The third kappa shape index (κ3) is 2.78. The van der Waals surface area contributed by atoms with Gasteiger partial charge in [-0.1, -0.05) is 6.07 Å². The molecule has 0 radical (unpaired) electrons. The number of benzene rings is 2. The first kappa shape index (κ1) is 18.0. The number of nitriles is 1. The first-order valence-electron chi connectivity index (χ1n) is 8.99. The fourth-order valence-corrected chi connectivity index (χ4v) is 4.14. The number of aromatic carboxylic acids is 1. The number of fused-ring (bicyclic) bond motifs is 2. The van der Waals surface area contributed by atoms with Crippen LogP contribution in [0.25, 0.3) is 0 Å². The molecule has 0 bridgehead atoms. The highest BCUT2D eigenvalue weighted by atomic mass is 19.1. The van der Waals surface area contributed by atoms with Crippen molar-refractivity contribution in [2.75, 3.05) is 5.32 Å². The topological polar surface area (TPSA) is 99.4 Å². The molecule has 142 valence electrons. The summed E-state index contributed by atoms with van der Waals surface area (Å²) in [5, 5.41) is 21.3. The molecule has 7 heteroatoms. The van der Waals surface area contributed by atoms with Gasteiger partial charge in [0.05, 0.1) is 17.1 Å². The van der Waals surface area contributed by atoms with E-state index in [0.717, 1.165) is 0 Å². The van der Waals surface area contributed by atoms with Crippen LogP contribution in [0.1, 0.15) is 47.2 Å². The highest BCUT2D eigenvalue weighted by Crippen LogP contribution is 2.48. The van der Waals surface area contributed by atoms with Crippen LogP contribution in [0, 0.1) is 17.1 Å². The zero-order valence-electron chi connectivity index (χ0n) is 14.9. The molecule has 2 aromatic rings. The summed E-state index contributed by atoms with van der Waals surface area (Å²) in [6.07, 6.45) is 1.78. The Morgan fingerprint density at radius 1 is 1.29 bits per heavy atom. The van der Waals surface area contributed by atoms with Crippen molar-refractivity contribution in [2.24, 2.45) is 0 Å². The molecular formula is C21H17FN2O4. The zero-order valence-corrected chi connectivity index (χ0v) is 14.9. The van der Waals surface area contributed by atoms with Gasteiger partial charge in [0.25, 0.3) is 0 Å². The second-order valence-electron chi connectivity index (χ2n) is 7.14. The molecule has 1 aliphatic heterocycles. The number of carboxylic acid groups (broad SMARTS) is 1. The van der Waals surface area contributed by atoms with Gasteiger partial charge < -0.3 is 15.2 Å². The van der Waals surface area contributed by atoms with Crippen molar-refractivity contribution in [3.8, 4) is 11.8 Å². The predicted molar refractivity (Wildman–Crippen MR) is 97.7 cm³/mol. The number of hydrogen-bond donors (Lipinski definition) is 2. The molecule has 1 spiro atoms. The van der Waals surface area contributed by atoms with E-state index in [2.05, 4.69) is 5.32 Å². The van der Waals surface area contributed by atoms with Crippen LogP contribution in [-0.4, -0.2) is 23.1 Å². The van der Waals surface area contributed by atoms with Crippen LogP contribution in [0.3, 0.4) is 0 Å². The number of nitrogens with zero attached hydrogens (tertiary/aromatic N) is 1. The Hall–Kier alpha value is -3.40. The van der Waals surface area contributed by atoms with Gasteiger partial charge in [0.15, 0.2) is 0 Å². The molecule has 0 aromatic heterocycles. The largest absolute Gasteiger partial charge is 0.489 e. The maximum atomic E-state index is 13.8. The van der Waals surface area contributed by atoms with E-state index >= 15 is 0 Å². The van der Waals surface area contributed by atoms with E-state index < -0.39 is 17.2 Å². The number of anilines is 1. The quantitative estimate of drug-likeness (QED) is 0.847. The number of amides is 1. The summed E-state index contributed by atoms with van der Waals surface area (Å²) >= 11 is 0. The van der Waals surface area contributed by atoms with Crippen LogP contribution in [0.2, 0.25) is 0 Å². The maximum Gasteiger partial charge on any atom is 0.335 e.